The van der Waals surface area contributed by atoms with E-state index in [0.717, 1.165) is 0 Å². The SMILES string of the molecule is CCC(C(=O)NC(C(=O)NC(CCN)C(=O)NC1CCNC(=O)C(C(C)O)NC(=O)C(CCN)NC(=O)C(CCN)NC(=O)C(CC(C)C)NC(=O)C(CC(C)C)NC(=O)C(CCN)NC1=O)C(C)O)c1ccccc1.Cl. The lowest BCUT2D eigenvalue weighted by Gasteiger charge is -2.29. The molecular weight excluding hydrogens is 1020 g/mol. The molecule has 12 unspecified atom stereocenters. The molecule has 1 fully saturated rings. The molecule has 1 aromatic rings. The lowest BCUT2D eigenvalue weighted by molar-refractivity contribution is -0.136. The summed E-state index contributed by atoms with van der Waals surface area (Å²) in [5, 5.41) is 47.1. The maximum atomic E-state index is 14.4. The average molecular weight is 1110 g/mol. The number of nitrogens with two attached hydrogens (primary N) is 4. The molecule has 0 spiro atoms. The summed E-state index contributed by atoms with van der Waals surface area (Å²) in [6, 6.07) is -4.18. The molecule has 0 radical (unpaired) electrons. The molecule has 0 saturated carbocycles. The van der Waals surface area contributed by atoms with Gasteiger partial charge in [0.05, 0.1) is 18.1 Å². The Bertz CT molecular complexity index is 2090. The zero-order valence-electron chi connectivity index (χ0n) is 45.4. The predicted molar refractivity (Wildman–Crippen MR) is 289 cm³/mol. The first-order chi connectivity index (χ1) is 35.9. The van der Waals surface area contributed by atoms with Gasteiger partial charge in [0.25, 0.3) is 0 Å². The number of halogens is 1. The molecule has 20 N–H and O–H groups in total. The van der Waals surface area contributed by atoms with Crippen molar-refractivity contribution in [3.8, 4) is 0 Å². The van der Waals surface area contributed by atoms with E-state index in [4.69, 9.17) is 22.9 Å². The molecule has 1 heterocycles. The Morgan fingerprint density at radius 2 is 1.03 bits per heavy atom. The van der Waals surface area contributed by atoms with Gasteiger partial charge in [0.2, 0.25) is 59.1 Å². The summed E-state index contributed by atoms with van der Waals surface area (Å²) >= 11 is 0. The second-order valence-corrected chi connectivity index (χ2v) is 19.9. The Labute approximate surface area is 457 Å². The van der Waals surface area contributed by atoms with Crippen LogP contribution < -0.4 is 76.1 Å². The largest absolute Gasteiger partial charge is 0.391 e. The third kappa shape index (κ3) is 23.2. The van der Waals surface area contributed by atoms with Gasteiger partial charge in [0.1, 0.15) is 54.4 Å². The van der Waals surface area contributed by atoms with Crippen molar-refractivity contribution in [2.45, 2.75) is 172 Å². The van der Waals surface area contributed by atoms with E-state index < -0.39 is 145 Å². The molecule has 436 valence electrons. The van der Waals surface area contributed by atoms with E-state index >= 15 is 0 Å². The van der Waals surface area contributed by atoms with Crippen LogP contribution in [0.1, 0.15) is 111 Å². The number of hydrogen-bond donors (Lipinski definition) is 16. The van der Waals surface area contributed by atoms with Crippen LogP contribution >= 0.6 is 12.4 Å². The van der Waals surface area contributed by atoms with Gasteiger partial charge in [0.15, 0.2) is 0 Å². The fourth-order valence-corrected chi connectivity index (χ4v) is 8.34. The van der Waals surface area contributed by atoms with Crippen LogP contribution in [0.15, 0.2) is 30.3 Å². The summed E-state index contributed by atoms with van der Waals surface area (Å²) in [6.07, 6.45) is -3.56. The summed E-state index contributed by atoms with van der Waals surface area (Å²) < 4.78 is 0. The van der Waals surface area contributed by atoms with Crippen molar-refractivity contribution in [3.63, 3.8) is 0 Å². The van der Waals surface area contributed by atoms with Gasteiger partial charge in [-0.05, 0) is 109 Å². The molecule has 1 aliphatic rings. The number of carbonyl (C=O) groups excluding carboxylic acids is 10. The Hall–Kier alpha value is -6.03. The Kier molecular flexibility index (Phi) is 31.7. The van der Waals surface area contributed by atoms with Gasteiger partial charge < -0.3 is 86.3 Å². The summed E-state index contributed by atoms with van der Waals surface area (Å²) in [5.74, 6) is -9.68. The van der Waals surface area contributed by atoms with E-state index in [1.165, 1.54) is 13.8 Å². The predicted octanol–water partition coefficient (Wildman–Crippen LogP) is -4.27. The van der Waals surface area contributed by atoms with Crippen molar-refractivity contribution in [3.05, 3.63) is 35.9 Å². The second-order valence-electron chi connectivity index (χ2n) is 19.9. The van der Waals surface area contributed by atoms with E-state index in [9.17, 15) is 58.2 Å². The van der Waals surface area contributed by atoms with Crippen LogP contribution in [0.3, 0.4) is 0 Å². The molecule has 1 aliphatic heterocycles. The van der Waals surface area contributed by atoms with Gasteiger partial charge in [-0.15, -0.1) is 12.4 Å². The zero-order chi connectivity index (χ0) is 57.2. The number of amides is 10. The molecule has 26 nitrogen and oxygen atoms in total. The van der Waals surface area contributed by atoms with E-state index in [1.807, 2.05) is 0 Å². The highest BCUT2D eigenvalue weighted by molar-refractivity contribution is 5.99. The highest BCUT2D eigenvalue weighted by Gasteiger charge is 2.37. The van der Waals surface area contributed by atoms with Crippen molar-refractivity contribution < 1.29 is 58.2 Å². The second kappa shape index (κ2) is 35.4. The molecule has 2 rings (SSSR count). The van der Waals surface area contributed by atoms with Crippen LogP contribution in [0.2, 0.25) is 0 Å². The minimum absolute atomic E-state index is 0. The fraction of sp³-hybridized carbons (Fsp3) is 0.680. The smallest absolute Gasteiger partial charge is 0.245 e. The molecular formula is C50H87ClN14O12. The minimum atomic E-state index is -1.66. The van der Waals surface area contributed by atoms with Crippen LogP contribution in [0.25, 0.3) is 0 Å². The maximum Gasteiger partial charge on any atom is 0.245 e. The molecule has 77 heavy (non-hydrogen) atoms. The minimum Gasteiger partial charge on any atom is -0.391 e. The molecule has 10 amide bonds. The molecule has 0 bridgehead atoms. The van der Waals surface area contributed by atoms with Crippen molar-refractivity contribution in [1.29, 1.82) is 0 Å². The molecule has 0 aliphatic carbocycles. The topological polar surface area (TPSA) is 436 Å². The van der Waals surface area contributed by atoms with Crippen molar-refractivity contribution in [1.82, 2.24) is 53.2 Å². The molecule has 1 aromatic carbocycles. The van der Waals surface area contributed by atoms with Crippen LogP contribution in [-0.4, -0.2) is 169 Å². The van der Waals surface area contributed by atoms with E-state index in [-0.39, 0.29) is 88.9 Å². The monoisotopic (exact) mass is 1110 g/mol. The van der Waals surface area contributed by atoms with Gasteiger partial charge in [-0.2, -0.15) is 0 Å². The third-order valence-corrected chi connectivity index (χ3v) is 12.5. The van der Waals surface area contributed by atoms with Gasteiger partial charge >= 0.3 is 0 Å². The Balaban J connectivity index is 0.0000296. The zero-order valence-corrected chi connectivity index (χ0v) is 46.2. The summed E-state index contributed by atoms with van der Waals surface area (Å²) in [6.45, 7) is 10.5. The maximum absolute atomic E-state index is 14.4. The van der Waals surface area contributed by atoms with Crippen molar-refractivity contribution >= 4 is 71.5 Å². The van der Waals surface area contributed by atoms with Gasteiger partial charge in [-0.1, -0.05) is 65.0 Å². The van der Waals surface area contributed by atoms with Crippen LogP contribution in [0.5, 0.6) is 0 Å². The molecule has 12 atom stereocenters. The van der Waals surface area contributed by atoms with Crippen LogP contribution in [0.4, 0.5) is 0 Å². The highest BCUT2D eigenvalue weighted by Crippen LogP contribution is 2.20. The summed E-state index contributed by atoms with van der Waals surface area (Å²) in [5.41, 5.74) is 24.1. The highest BCUT2D eigenvalue weighted by atomic mass is 35.5. The summed E-state index contributed by atoms with van der Waals surface area (Å²) in [7, 11) is 0. The van der Waals surface area contributed by atoms with Gasteiger partial charge in [-0.25, -0.2) is 0 Å². The van der Waals surface area contributed by atoms with Crippen LogP contribution in [-0.2, 0) is 47.9 Å². The third-order valence-electron chi connectivity index (χ3n) is 12.5. The fourth-order valence-electron chi connectivity index (χ4n) is 8.34. The molecule has 0 aromatic heterocycles. The number of benzene rings is 1. The average Bonchev–Trinajstić information content (AvgIpc) is 3.35. The number of aliphatic hydroxyl groups excluding tert-OH is 2. The number of aliphatic hydroxyl groups is 2. The first-order valence-electron chi connectivity index (χ1n) is 26.1. The standard InChI is InChI=1S/C50H86N14O12.ClH/c1-8-31(30-12-10-9-11-13-30)41(67)63-40(29(7)66)50(76)60-34(16-21-53)43(69)59-36-18-23-55-49(75)39(28(6)65)64-46(72)35(17-22-54)57-42(68)32(14-19-51)58-47(73)37(24-26(2)3)62-48(74)38(25-27(4)5)61-44(70)33(15-20-52)56-45(36)71;/h9-13,26-29,31-40,65-66H,8,14-25,51-54H2,1-7H3,(H,55,75)(H,56,71)(H,57,68)(H,58,73)(H,59,69)(H,60,76)(H,61,70)(H,62,74)(H,63,67)(H,64,72);1H. The van der Waals surface area contributed by atoms with Crippen LogP contribution in [0, 0.1) is 11.8 Å². The lowest BCUT2D eigenvalue weighted by atomic mass is 9.95. The van der Waals surface area contributed by atoms with E-state index in [0.29, 0.717) is 12.0 Å². The normalized spacial score (nSPS) is 23.6. The van der Waals surface area contributed by atoms with Crippen molar-refractivity contribution in [2.24, 2.45) is 34.8 Å². The Morgan fingerprint density at radius 1 is 0.584 bits per heavy atom. The summed E-state index contributed by atoms with van der Waals surface area (Å²) in [4.78, 5) is 139. The number of nitrogens with one attached hydrogen (secondary N) is 10. The number of rotatable bonds is 22. The molecule has 1 saturated heterocycles. The van der Waals surface area contributed by atoms with Gasteiger partial charge in [0, 0.05) is 6.54 Å². The first kappa shape index (κ1) is 69.0. The number of hydrogen-bond acceptors (Lipinski definition) is 16. The number of carbonyl (C=O) groups is 10. The first-order valence-corrected chi connectivity index (χ1v) is 26.1. The quantitative estimate of drug-likeness (QED) is 0.0523. The lowest BCUT2D eigenvalue weighted by Crippen LogP contribution is -2.61. The van der Waals surface area contributed by atoms with E-state index in [2.05, 4.69) is 53.2 Å². The van der Waals surface area contributed by atoms with Crippen molar-refractivity contribution in [2.75, 3.05) is 32.7 Å². The Morgan fingerprint density at radius 3 is 1.44 bits per heavy atom. The van der Waals surface area contributed by atoms with E-state index in [1.54, 1.807) is 65.0 Å². The molecule has 27 heteroatoms. The van der Waals surface area contributed by atoms with Gasteiger partial charge in [-0.3, -0.25) is 47.9 Å².